The highest BCUT2D eigenvalue weighted by Gasteiger charge is 2.25. The van der Waals surface area contributed by atoms with Crippen molar-refractivity contribution in [1.29, 1.82) is 0 Å². The maximum atomic E-state index is 13.8. The van der Waals surface area contributed by atoms with Crippen molar-refractivity contribution in [2.45, 2.75) is 13.3 Å². The number of hydrogen-bond donors (Lipinski definition) is 0. The lowest BCUT2D eigenvalue weighted by atomic mass is 9.91. The van der Waals surface area contributed by atoms with E-state index in [-0.39, 0.29) is 6.61 Å². The van der Waals surface area contributed by atoms with Crippen LogP contribution in [0.1, 0.15) is 28.5 Å². The molecule has 6 nitrogen and oxygen atoms in total. The third-order valence-electron chi connectivity index (χ3n) is 8.02. The van der Waals surface area contributed by atoms with Crippen molar-refractivity contribution in [3.63, 3.8) is 0 Å². The Balaban J connectivity index is 1.50. The number of methoxy groups -OCH3 is 3. The van der Waals surface area contributed by atoms with Crippen LogP contribution in [0.4, 0.5) is 0 Å². The molecule has 0 aliphatic heterocycles. The van der Waals surface area contributed by atoms with E-state index >= 15 is 0 Å². The van der Waals surface area contributed by atoms with Crippen LogP contribution in [0.3, 0.4) is 0 Å². The van der Waals surface area contributed by atoms with E-state index in [1.165, 1.54) is 15.9 Å². The fraction of sp³-hybridized carbons (Fsp3) is 0.150. The molecule has 1 aromatic heterocycles. The summed E-state index contributed by atoms with van der Waals surface area (Å²) in [7, 11) is 4.08. The fourth-order valence-electron chi connectivity index (χ4n) is 5.81. The van der Waals surface area contributed by atoms with Gasteiger partial charge < -0.3 is 18.9 Å². The molecular weight excluding hydrogens is 605 g/mol. The summed E-state index contributed by atoms with van der Waals surface area (Å²) in [5, 5.41) is 4.58. The second-order valence-electron chi connectivity index (χ2n) is 10.8. The molecule has 5 aromatic carbocycles. The van der Waals surface area contributed by atoms with Gasteiger partial charge in [0.2, 0.25) is 0 Å². The van der Waals surface area contributed by atoms with Crippen LogP contribution in [0.25, 0.3) is 22.0 Å². The molecule has 0 fully saturated rings. The number of esters is 1. The van der Waals surface area contributed by atoms with Crippen LogP contribution < -0.4 is 30.1 Å². The summed E-state index contributed by atoms with van der Waals surface area (Å²) in [4.78, 5) is 18.9. The van der Waals surface area contributed by atoms with Crippen LogP contribution in [-0.4, -0.2) is 38.9 Å². The Hall–Kier alpha value is -5.19. The Morgan fingerprint density at radius 3 is 1.81 bits per heavy atom. The molecule has 0 atom stereocenters. The molecule has 236 valence electrons. The average molecular weight is 642 g/mol. The number of pyridine rings is 1. The first-order valence-electron chi connectivity index (χ1n) is 15.4. The third-order valence-corrected chi connectivity index (χ3v) is 10.5. The monoisotopic (exact) mass is 641 g/mol. The maximum absolute atomic E-state index is 13.8. The smallest absolute Gasteiger partial charge is 0.340 e. The highest BCUT2D eigenvalue weighted by molar-refractivity contribution is 7.79. The van der Waals surface area contributed by atoms with E-state index in [4.69, 9.17) is 23.9 Å². The van der Waals surface area contributed by atoms with Gasteiger partial charge in [-0.05, 0) is 60.1 Å². The molecule has 1 heterocycles. The highest BCUT2D eigenvalue weighted by Crippen LogP contribution is 2.40. The number of hydrogen-bond acceptors (Lipinski definition) is 6. The van der Waals surface area contributed by atoms with Gasteiger partial charge in [-0.15, -0.1) is 0 Å². The molecule has 0 radical (unpaired) electrons. The molecule has 7 heteroatoms. The Bertz CT molecular complexity index is 1940. The number of benzene rings is 5. The Morgan fingerprint density at radius 1 is 0.681 bits per heavy atom. The van der Waals surface area contributed by atoms with E-state index in [1.54, 1.807) is 21.3 Å². The summed E-state index contributed by atoms with van der Waals surface area (Å²) in [5.74, 6) is 1.40. The zero-order valence-electron chi connectivity index (χ0n) is 26.9. The van der Waals surface area contributed by atoms with E-state index in [2.05, 4.69) is 84.9 Å². The molecule has 0 bridgehead atoms. The topological polar surface area (TPSA) is 66.9 Å². The normalized spacial score (nSPS) is 11.0. The van der Waals surface area contributed by atoms with Crippen molar-refractivity contribution in [3.8, 4) is 28.4 Å². The molecule has 0 saturated carbocycles. The molecule has 0 amide bonds. The number of rotatable bonds is 11. The van der Waals surface area contributed by atoms with E-state index in [0.717, 1.165) is 27.8 Å². The Labute approximate surface area is 276 Å². The first-order chi connectivity index (χ1) is 23.0. The van der Waals surface area contributed by atoms with Gasteiger partial charge >= 0.3 is 5.97 Å². The van der Waals surface area contributed by atoms with Crippen molar-refractivity contribution < 1.29 is 23.7 Å². The first-order valence-corrected chi connectivity index (χ1v) is 16.8. The SMILES string of the molecule is CCOC(=O)c1c(Cc2ccc(P(c3ccccc3)c3ccccc3)cc2)nc2cc(OC)c(OC)cc2c1-c1ccc(OC)cc1. The lowest BCUT2D eigenvalue weighted by Gasteiger charge is -2.20. The third kappa shape index (κ3) is 6.70. The lowest BCUT2D eigenvalue weighted by Crippen LogP contribution is -2.20. The van der Waals surface area contributed by atoms with Crippen LogP contribution >= 0.6 is 7.92 Å². The van der Waals surface area contributed by atoms with Crippen LogP contribution in [0.5, 0.6) is 17.2 Å². The van der Waals surface area contributed by atoms with Gasteiger partial charge in [0.15, 0.2) is 11.5 Å². The van der Waals surface area contributed by atoms with Crippen LogP contribution in [-0.2, 0) is 11.2 Å². The molecule has 0 N–H and O–H groups in total. The Morgan fingerprint density at radius 2 is 1.26 bits per heavy atom. The quantitative estimate of drug-likeness (QED) is 0.108. The predicted molar refractivity (Wildman–Crippen MR) is 191 cm³/mol. The molecule has 6 rings (SSSR count). The van der Waals surface area contributed by atoms with Gasteiger partial charge in [0.05, 0.1) is 44.7 Å². The van der Waals surface area contributed by atoms with Crippen molar-refractivity contribution in [3.05, 3.63) is 138 Å². The van der Waals surface area contributed by atoms with Crippen LogP contribution in [0, 0.1) is 0 Å². The molecule has 6 aromatic rings. The van der Waals surface area contributed by atoms with Gasteiger partial charge in [-0.2, -0.15) is 0 Å². The molecule has 0 spiro atoms. The van der Waals surface area contributed by atoms with Gasteiger partial charge in [-0.25, -0.2) is 4.79 Å². The number of carbonyl (C=O) groups is 1. The van der Waals surface area contributed by atoms with E-state index < -0.39 is 13.9 Å². The van der Waals surface area contributed by atoms with E-state index in [0.29, 0.717) is 34.7 Å². The molecule has 47 heavy (non-hydrogen) atoms. The van der Waals surface area contributed by atoms with Gasteiger partial charge in [0.25, 0.3) is 0 Å². The van der Waals surface area contributed by atoms with Crippen molar-refractivity contribution >= 4 is 40.7 Å². The average Bonchev–Trinajstić information content (AvgIpc) is 3.12. The largest absolute Gasteiger partial charge is 0.497 e. The van der Waals surface area contributed by atoms with Gasteiger partial charge in [-0.1, -0.05) is 97.1 Å². The maximum Gasteiger partial charge on any atom is 0.340 e. The number of nitrogens with zero attached hydrogens (tertiary/aromatic N) is 1. The number of carbonyl (C=O) groups excluding carboxylic acids is 1. The second-order valence-corrected chi connectivity index (χ2v) is 13.1. The lowest BCUT2D eigenvalue weighted by molar-refractivity contribution is 0.0526. The standard InChI is InChI=1S/C40H36NO5P/c1-5-46-40(42)39-35(24-27-16-22-32(23-17-27)47(30-12-8-6-9-13-30)31-14-10-7-11-15-31)41-34-26-37(45-4)36(44-3)25-33(34)38(39)28-18-20-29(43-2)21-19-28/h6-23,25-26H,5,24H2,1-4H3. The fourth-order valence-corrected chi connectivity index (χ4v) is 8.09. The first kappa shape index (κ1) is 31.8. The van der Waals surface area contributed by atoms with Crippen molar-refractivity contribution in [2.24, 2.45) is 0 Å². The summed E-state index contributed by atoms with van der Waals surface area (Å²) in [6, 6.07) is 41.3. The predicted octanol–water partition coefficient (Wildman–Crippen LogP) is 7.45. The summed E-state index contributed by atoms with van der Waals surface area (Å²) < 4.78 is 22.4. The van der Waals surface area contributed by atoms with Gasteiger partial charge in [0, 0.05) is 23.4 Å². The summed E-state index contributed by atoms with van der Waals surface area (Å²) in [6.45, 7) is 2.05. The molecule has 0 aliphatic rings. The minimum absolute atomic E-state index is 0.238. The van der Waals surface area contributed by atoms with Crippen LogP contribution in [0.2, 0.25) is 0 Å². The zero-order valence-corrected chi connectivity index (χ0v) is 27.8. The van der Waals surface area contributed by atoms with Gasteiger partial charge in [-0.3, -0.25) is 4.98 Å². The minimum Gasteiger partial charge on any atom is -0.497 e. The minimum atomic E-state index is -0.739. The molecule has 0 unspecified atom stereocenters. The molecule has 0 aliphatic carbocycles. The molecule has 0 saturated heterocycles. The van der Waals surface area contributed by atoms with E-state index in [1.807, 2.05) is 43.3 Å². The zero-order chi connectivity index (χ0) is 32.8. The summed E-state index contributed by atoms with van der Waals surface area (Å²) in [6.07, 6.45) is 0.427. The van der Waals surface area contributed by atoms with Crippen LogP contribution in [0.15, 0.2) is 121 Å². The Kier molecular flexibility index (Phi) is 9.80. The summed E-state index contributed by atoms with van der Waals surface area (Å²) in [5.41, 5.74) is 4.32. The van der Waals surface area contributed by atoms with Crippen molar-refractivity contribution in [1.82, 2.24) is 4.98 Å². The number of fused-ring (bicyclic) bond motifs is 1. The second kappa shape index (κ2) is 14.5. The number of aromatic nitrogens is 1. The highest BCUT2D eigenvalue weighted by atomic mass is 31.1. The number of ether oxygens (including phenoxy) is 4. The van der Waals surface area contributed by atoms with Crippen molar-refractivity contribution in [2.75, 3.05) is 27.9 Å². The summed E-state index contributed by atoms with van der Waals surface area (Å²) >= 11 is 0. The van der Waals surface area contributed by atoms with E-state index in [9.17, 15) is 4.79 Å². The van der Waals surface area contributed by atoms with Gasteiger partial charge in [0.1, 0.15) is 5.75 Å². The molecular formula is C40H36NO5P.